The molecule has 21 heavy (non-hydrogen) atoms. The molecule has 2 aromatic rings. The Morgan fingerprint density at radius 3 is 2.38 bits per heavy atom. The molecule has 1 aliphatic heterocycles. The average molecular weight is 324 g/mol. The Balaban J connectivity index is 1.95. The molecule has 2 unspecified atom stereocenters. The van der Waals surface area contributed by atoms with Crippen molar-refractivity contribution in [3.8, 4) is 0 Å². The van der Waals surface area contributed by atoms with Gasteiger partial charge in [0.15, 0.2) is 0 Å². The number of benzene rings is 2. The van der Waals surface area contributed by atoms with Gasteiger partial charge in [0, 0.05) is 22.5 Å². The van der Waals surface area contributed by atoms with E-state index in [1.54, 1.807) is 6.07 Å². The molecule has 0 aromatic heterocycles. The highest BCUT2D eigenvalue weighted by Gasteiger charge is 2.28. The summed E-state index contributed by atoms with van der Waals surface area (Å²) in [5.41, 5.74) is 2.19. The van der Waals surface area contributed by atoms with Gasteiger partial charge in [-0.3, -0.25) is 0 Å². The van der Waals surface area contributed by atoms with Crippen molar-refractivity contribution in [3.05, 3.63) is 69.5 Å². The Kier molecular flexibility index (Phi) is 4.48. The molecule has 3 rings (SSSR count). The Bertz CT molecular complexity index is 607. The molecule has 2 aromatic carbocycles. The van der Waals surface area contributed by atoms with Crippen LogP contribution in [0.15, 0.2) is 42.5 Å². The van der Waals surface area contributed by atoms with E-state index in [1.165, 1.54) is 11.6 Å². The van der Waals surface area contributed by atoms with Crippen LogP contribution in [0.4, 0.5) is 4.39 Å². The van der Waals surface area contributed by atoms with E-state index in [2.05, 4.69) is 5.32 Å². The van der Waals surface area contributed by atoms with E-state index >= 15 is 0 Å². The number of halogens is 3. The Morgan fingerprint density at radius 2 is 1.67 bits per heavy atom. The van der Waals surface area contributed by atoms with Crippen LogP contribution < -0.4 is 5.32 Å². The minimum Gasteiger partial charge on any atom is -0.316 e. The van der Waals surface area contributed by atoms with Crippen LogP contribution in [0.2, 0.25) is 10.0 Å². The summed E-state index contributed by atoms with van der Waals surface area (Å²) in [7, 11) is 0. The van der Waals surface area contributed by atoms with E-state index in [9.17, 15) is 4.39 Å². The lowest BCUT2D eigenvalue weighted by atomic mass is 9.77. The standard InChI is InChI=1S/C17H16Cl2FN/c18-13-3-1-11(2-4-13)17-10-21-6-5-16(17)12-7-14(19)9-15(20)8-12/h1-4,7-9,16-17,21H,5-6,10H2. The summed E-state index contributed by atoms with van der Waals surface area (Å²) in [6, 6.07) is 12.7. The molecule has 0 amide bonds. The van der Waals surface area contributed by atoms with Crippen LogP contribution in [-0.2, 0) is 0 Å². The Morgan fingerprint density at radius 1 is 0.905 bits per heavy atom. The average Bonchev–Trinajstić information content (AvgIpc) is 2.47. The molecule has 0 radical (unpaired) electrons. The lowest BCUT2D eigenvalue weighted by Crippen LogP contribution is -2.34. The zero-order valence-electron chi connectivity index (χ0n) is 11.5. The number of nitrogens with one attached hydrogen (secondary N) is 1. The van der Waals surface area contributed by atoms with Gasteiger partial charge < -0.3 is 5.32 Å². The van der Waals surface area contributed by atoms with Crippen molar-refractivity contribution in [2.45, 2.75) is 18.3 Å². The largest absolute Gasteiger partial charge is 0.316 e. The smallest absolute Gasteiger partial charge is 0.124 e. The summed E-state index contributed by atoms with van der Waals surface area (Å²) in [5.74, 6) is 0.292. The van der Waals surface area contributed by atoms with Gasteiger partial charge in [-0.25, -0.2) is 4.39 Å². The van der Waals surface area contributed by atoms with Crippen LogP contribution in [-0.4, -0.2) is 13.1 Å². The van der Waals surface area contributed by atoms with Crippen LogP contribution in [0.1, 0.15) is 29.4 Å². The summed E-state index contributed by atoms with van der Waals surface area (Å²) >= 11 is 12.0. The van der Waals surface area contributed by atoms with Crippen LogP contribution in [0, 0.1) is 5.82 Å². The maximum atomic E-state index is 13.6. The van der Waals surface area contributed by atoms with E-state index in [0.717, 1.165) is 30.1 Å². The highest BCUT2D eigenvalue weighted by molar-refractivity contribution is 6.30. The van der Waals surface area contributed by atoms with Gasteiger partial charge in [-0.2, -0.15) is 0 Å². The van der Waals surface area contributed by atoms with Gasteiger partial charge in [-0.1, -0.05) is 35.3 Å². The molecule has 1 fully saturated rings. The first kappa shape index (κ1) is 14.8. The second-order valence-corrected chi connectivity index (χ2v) is 6.33. The van der Waals surface area contributed by atoms with Crippen LogP contribution in [0.3, 0.4) is 0 Å². The highest BCUT2D eigenvalue weighted by atomic mass is 35.5. The van der Waals surface area contributed by atoms with Gasteiger partial charge in [0.1, 0.15) is 5.82 Å². The Hall–Kier alpha value is -1.09. The maximum absolute atomic E-state index is 13.6. The Labute approximate surface area is 134 Å². The van der Waals surface area contributed by atoms with Gasteiger partial charge in [0.2, 0.25) is 0 Å². The van der Waals surface area contributed by atoms with Gasteiger partial charge in [0.25, 0.3) is 0 Å². The molecule has 2 atom stereocenters. The lowest BCUT2D eigenvalue weighted by molar-refractivity contribution is 0.403. The quantitative estimate of drug-likeness (QED) is 0.820. The summed E-state index contributed by atoms with van der Waals surface area (Å²) in [6.07, 6.45) is 0.965. The van der Waals surface area contributed by atoms with Gasteiger partial charge in [0.05, 0.1) is 0 Å². The zero-order chi connectivity index (χ0) is 14.8. The molecular formula is C17H16Cl2FN. The number of piperidine rings is 1. The fourth-order valence-electron chi connectivity index (χ4n) is 3.11. The first-order valence-electron chi connectivity index (χ1n) is 7.05. The number of hydrogen-bond donors (Lipinski definition) is 1. The molecule has 1 saturated heterocycles. The number of hydrogen-bond acceptors (Lipinski definition) is 1. The van der Waals surface area contributed by atoms with E-state index in [4.69, 9.17) is 23.2 Å². The van der Waals surface area contributed by atoms with Crippen molar-refractivity contribution in [1.29, 1.82) is 0 Å². The second-order valence-electron chi connectivity index (χ2n) is 5.46. The third kappa shape index (κ3) is 3.39. The monoisotopic (exact) mass is 323 g/mol. The summed E-state index contributed by atoms with van der Waals surface area (Å²) in [4.78, 5) is 0. The van der Waals surface area contributed by atoms with Crippen molar-refractivity contribution < 1.29 is 4.39 Å². The van der Waals surface area contributed by atoms with Gasteiger partial charge >= 0.3 is 0 Å². The minimum absolute atomic E-state index is 0.264. The van der Waals surface area contributed by atoms with Crippen molar-refractivity contribution in [2.75, 3.05) is 13.1 Å². The minimum atomic E-state index is -0.272. The van der Waals surface area contributed by atoms with Crippen molar-refractivity contribution in [2.24, 2.45) is 0 Å². The normalized spacial score (nSPS) is 22.2. The summed E-state index contributed by atoms with van der Waals surface area (Å²) < 4.78 is 13.6. The highest BCUT2D eigenvalue weighted by Crippen LogP contribution is 2.38. The molecule has 110 valence electrons. The topological polar surface area (TPSA) is 12.0 Å². The molecule has 4 heteroatoms. The second kappa shape index (κ2) is 6.35. The molecule has 0 aliphatic carbocycles. The fourth-order valence-corrected chi connectivity index (χ4v) is 3.46. The summed E-state index contributed by atoms with van der Waals surface area (Å²) in [6.45, 7) is 1.81. The van der Waals surface area contributed by atoms with Crippen molar-refractivity contribution in [1.82, 2.24) is 5.32 Å². The third-order valence-corrected chi connectivity index (χ3v) is 4.56. The molecule has 0 spiro atoms. The van der Waals surface area contributed by atoms with Crippen LogP contribution in [0.25, 0.3) is 0 Å². The van der Waals surface area contributed by atoms with Crippen molar-refractivity contribution >= 4 is 23.2 Å². The van der Waals surface area contributed by atoms with E-state index in [0.29, 0.717) is 10.9 Å². The molecule has 0 saturated carbocycles. The fraction of sp³-hybridized carbons (Fsp3) is 0.294. The SMILES string of the molecule is Fc1cc(Cl)cc(C2CCNCC2c2ccc(Cl)cc2)c1. The lowest BCUT2D eigenvalue weighted by Gasteiger charge is -2.33. The van der Waals surface area contributed by atoms with Gasteiger partial charge in [-0.05, 0) is 60.3 Å². The predicted octanol–water partition coefficient (Wildman–Crippen LogP) is 4.99. The van der Waals surface area contributed by atoms with Crippen molar-refractivity contribution in [3.63, 3.8) is 0 Å². The maximum Gasteiger partial charge on any atom is 0.124 e. The third-order valence-electron chi connectivity index (χ3n) is 4.09. The van der Waals surface area contributed by atoms with E-state index < -0.39 is 0 Å². The van der Waals surface area contributed by atoms with Gasteiger partial charge in [-0.15, -0.1) is 0 Å². The van der Waals surface area contributed by atoms with Crippen LogP contribution >= 0.6 is 23.2 Å². The molecule has 0 bridgehead atoms. The van der Waals surface area contributed by atoms with Crippen LogP contribution in [0.5, 0.6) is 0 Å². The molecule has 1 heterocycles. The zero-order valence-corrected chi connectivity index (χ0v) is 13.0. The first-order valence-corrected chi connectivity index (χ1v) is 7.81. The van der Waals surface area contributed by atoms with E-state index in [-0.39, 0.29) is 11.7 Å². The molecule has 1 aliphatic rings. The molecule has 1 N–H and O–H groups in total. The van der Waals surface area contributed by atoms with E-state index in [1.807, 2.05) is 30.3 Å². The molecular weight excluding hydrogens is 308 g/mol. The number of rotatable bonds is 2. The predicted molar refractivity (Wildman–Crippen MR) is 85.8 cm³/mol. The molecule has 1 nitrogen and oxygen atoms in total. The summed E-state index contributed by atoms with van der Waals surface area (Å²) in [5, 5.41) is 4.60. The first-order chi connectivity index (χ1) is 10.1.